The first-order valence-electron chi connectivity index (χ1n) is 3.89. The van der Waals surface area contributed by atoms with Crippen LogP contribution in [-0.4, -0.2) is 0 Å². The molecule has 0 aromatic heterocycles. The quantitative estimate of drug-likeness (QED) is 0.554. The van der Waals surface area contributed by atoms with Gasteiger partial charge in [0.05, 0.1) is 5.56 Å². The number of benzene rings is 1. The Morgan fingerprint density at radius 1 is 1.13 bits per heavy atom. The van der Waals surface area contributed by atoms with Gasteiger partial charge >= 0.3 is 6.18 Å². The van der Waals surface area contributed by atoms with Gasteiger partial charge in [0.15, 0.2) is 0 Å². The zero-order valence-electron chi connectivity index (χ0n) is 7.28. The Morgan fingerprint density at radius 2 is 1.73 bits per heavy atom. The summed E-state index contributed by atoms with van der Waals surface area (Å²) in [6, 6.07) is 2.37. The topological polar surface area (TPSA) is 0 Å². The lowest BCUT2D eigenvalue weighted by Crippen LogP contribution is -2.06. The van der Waals surface area contributed by atoms with Crippen LogP contribution < -0.4 is 0 Å². The predicted octanol–water partition coefficient (Wildman–Crippen LogP) is 4.54. The summed E-state index contributed by atoms with van der Waals surface area (Å²) in [5.74, 6) is 0. The monoisotopic (exact) mass is 288 g/mol. The van der Waals surface area contributed by atoms with Crippen molar-refractivity contribution in [3.05, 3.63) is 34.9 Å². The minimum atomic E-state index is -4.60. The smallest absolute Gasteiger partial charge is 0.205 e. The van der Waals surface area contributed by atoms with E-state index in [0.717, 1.165) is 12.1 Å². The van der Waals surface area contributed by atoms with Crippen molar-refractivity contribution in [3.8, 4) is 0 Å². The van der Waals surface area contributed by atoms with Crippen LogP contribution in [0.15, 0.2) is 18.2 Å². The molecule has 0 saturated heterocycles. The van der Waals surface area contributed by atoms with Crippen molar-refractivity contribution >= 4 is 15.9 Å². The fraction of sp³-hybridized carbons (Fsp3) is 0.333. The van der Waals surface area contributed by atoms with E-state index in [4.69, 9.17) is 0 Å². The van der Waals surface area contributed by atoms with Crippen LogP contribution in [0.3, 0.4) is 0 Å². The van der Waals surface area contributed by atoms with Gasteiger partial charge in [0.2, 0.25) is 0 Å². The highest BCUT2D eigenvalue weighted by Gasteiger charge is 2.31. The number of rotatable bonds is 2. The van der Waals surface area contributed by atoms with Gasteiger partial charge in [-0.15, -0.1) is 0 Å². The summed E-state index contributed by atoms with van der Waals surface area (Å²) >= 11 is 2.93. The van der Waals surface area contributed by atoms with E-state index in [1.807, 2.05) is 0 Å². The summed E-state index contributed by atoms with van der Waals surface area (Å²) in [6.07, 6.45) is -7.49. The van der Waals surface area contributed by atoms with Gasteiger partial charge in [0.1, 0.15) is 0 Å². The van der Waals surface area contributed by atoms with Crippen molar-refractivity contribution in [2.24, 2.45) is 0 Å². The molecule has 84 valence electrons. The second-order valence-electron chi connectivity index (χ2n) is 2.90. The summed E-state index contributed by atoms with van der Waals surface area (Å²) in [5, 5.41) is 0.108. The molecule has 0 N–H and O–H groups in total. The van der Waals surface area contributed by atoms with Crippen LogP contribution in [0.4, 0.5) is 22.0 Å². The van der Waals surface area contributed by atoms with Crippen LogP contribution >= 0.6 is 15.9 Å². The van der Waals surface area contributed by atoms with Gasteiger partial charge in [-0.3, -0.25) is 0 Å². The summed E-state index contributed by atoms with van der Waals surface area (Å²) in [5.41, 5.74) is -1.48. The highest BCUT2D eigenvalue weighted by atomic mass is 79.9. The molecule has 0 amide bonds. The molecule has 0 heterocycles. The van der Waals surface area contributed by atoms with Crippen molar-refractivity contribution in [2.75, 3.05) is 0 Å². The first kappa shape index (κ1) is 12.4. The van der Waals surface area contributed by atoms with E-state index in [1.165, 1.54) is 0 Å². The van der Waals surface area contributed by atoms with E-state index in [9.17, 15) is 22.0 Å². The van der Waals surface area contributed by atoms with Gasteiger partial charge in [0.25, 0.3) is 6.43 Å². The molecule has 1 aromatic carbocycles. The average molecular weight is 289 g/mol. The zero-order chi connectivity index (χ0) is 11.6. The molecule has 1 rings (SSSR count). The van der Waals surface area contributed by atoms with Gasteiger partial charge in [-0.05, 0) is 23.8 Å². The third kappa shape index (κ3) is 3.15. The van der Waals surface area contributed by atoms with Crippen LogP contribution in [0.2, 0.25) is 0 Å². The van der Waals surface area contributed by atoms with Gasteiger partial charge in [-0.25, -0.2) is 8.78 Å². The normalized spacial score (nSPS) is 12.2. The second kappa shape index (κ2) is 4.47. The molecule has 0 unspecified atom stereocenters. The highest BCUT2D eigenvalue weighted by molar-refractivity contribution is 9.08. The average Bonchev–Trinajstić information content (AvgIpc) is 2.15. The summed E-state index contributed by atoms with van der Waals surface area (Å²) in [4.78, 5) is 0. The molecular weight excluding hydrogens is 283 g/mol. The van der Waals surface area contributed by atoms with Gasteiger partial charge in [0, 0.05) is 10.9 Å². The first-order valence-corrected chi connectivity index (χ1v) is 5.02. The lowest BCUT2D eigenvalue weighted by atomic mass is 10.1. The molecule has 0 spiro atoms. The molecule has 0 radical (unpaired) electrons. The van der Waals surface area contributed by atoms with E-state index in [1.54, 1.807) is 0 Å². The molecule has 0 nitrogen and oxygen atoms in total. The fourth-order valence-corrected chi connectivity index (χ4v) is 1.41. The Hall–Kier alpha value is -0.650. The molecule has 1 aromatic rings. The van der Waals surface area contributed by atoms with Crippen LogP contribution in [-0.2, 0) is 11.5 Å². The number of halogens is 6. The summed E-state index contributed by atoms with van der Waals surface area (Å²) in [6.45, 7) is 0. The molecule has 0 aliphatic heterocycles. The Bertz CT molecular complexity index is 345. The predicted molar refractivity (Wildman–Crippen MR) is 49.0 cm³/mol. The molecule has 0 saturated carbocycles. The molecule has 0 fully saturated rings. The SMILES string of the molecule is FC(F)c1cc(CBr)cc(C(F)(F)F)c1. The van der Waals surface area contributed by atoms with Crippen molar-refractivity contribution < 1.29 is 22.0 Å². The molecule has 0 atom stereocenters. The molecule has 0 bridgehead atoms. The van der Waals surface area contributed by atoms with Gasteiger partial charge in [-0.2, -0.15) is 13.2 Å². The number of hydrogen-bond acceptors (Lipinski definition) is 0. The lowest BCUT2D eigenvalue weighted by Gasteiger charge is -2.10. The number of alkyl halides is 6. The molecule has 15 heavy (non-hydrogen) atoms. The maximum atomic E-state index is 12.3. The Kier molecular flexibility index (Phi) is 3.70. The van der Waals surface area contributed by atoms with Crippen molar-refractivity contribution in [3.63, 3.8) is 0 Å². The minimum absolute atomic E-state index is 0.108. The Labute approximate surface area is 91.2 Å². The van der Waals surface area contributed by atoms with Crippen molar-refractivity contribution in [1.29, 1.82) is 0 Å². The first-order chi connectivity index (χ1) is 6.84. The molecule has 0 aliphatic rings. The number of hydrogen-bond donors (Lipinski definition) is 0. The largest absolute Gasteiger partial charge is 0.416 e. The minimum Gasteiger partial charge on any atom is -0.205 e. The summed E-state index contributed by atoms with van der Waals surface area (Å²) in [7, 11) is 0. The van der Waals surface area contributed by atoms with E-state index < -0.39 is 23.7 Å². The Balaban J connectivity index is 3.23. The van der Waals surface area contributed by atoms with E-state index in [2.05, 4.69) is 15.9 Å². The van der Waals surface area contributed by atoms with Crippen molar-refractivity contribution in [1.82, 2.24) is 0 Å². The highest BCUT2D eigenvalue weighted by Crippen LogP contribution is 2.33. The maximum Gasteiger partial charge on any atom is 0.416 e. The van der Waals surface area contributed by atoms with Crippen LogP contribution in [0.25, 0.3) is 0 Å². The van der Waals surface area contributed by atoms with Gasteiger partial charge < -0.3 is 0 Å². The standard InChI is InChI=1S/C9H6BrF5/c10-4-5-1-6(8(11)12)3-7(2-5)9(13,14)15/h1-3,8H,4H2. The lowest BCUT2D eigenvalue weighted by molar-refractivity contribution is -0.137. The molecule has 6 heteroatoms. The van der Waals surface area contributed by atoms with E-state index in [0.29, 0.717) is 6.07 Å². The van der Waals surface area contributed by atoms with Crippen LogP contribution in [0, 0.1) is 0 Å². The molecular formula is C9H6BrF5. The second-order valence-corrected chi connectivity index (χ2v) is 3.46. The van der Waals surface area contributed by atoms with E-state index >= 15 is 0 Å². The Morgan fingerprint density at radius 3 is 2.13 bits per heavy atom. The third-order valence-corrected chi connectivity index (χ3v) is 2.40. The zero-order valence-corrected chi connectivity index (χ0v) is 8.87. The molecule has 0 aliphatic carbocycles. The van der Waals surface area contributed by atoms with Crippen LogP contribution in [0.5, 0.6) is 0 Å². The van der Waals surface area contributed by atoms with E-state index in [-0.39, 0.29) is 10.9 Å². The fourth-order valence-electron chi connectivity index (χ4n) is 1.09. The third-order valence-electron chi connectivity index (χ3n) is 1.75. The van der Waals surface area contributed by atoms with Crippen LogP contribution in [0.1, 0.15) is 23.1 Å². The summed E-state index contributed by atoms with van der Waals surface area (Å²) < 4.78 is 61.4. The van der Waals surface area contributed by atoms with Gasteiger partial charge in [-0.1, -0.05) is 15.9 Å². The maximum absolute atomic E-state index is 12.3. The van der Waals surface area contributed by atoms with Crippen molar-refractivity contribution in [2.45, 2.75) is 17.9 Å².